The van der Waals surface area contributed by atoms with Crippen LogP contribution in [0.1, 0.15) is 70.8 Å². The molecule has 1 unspecified atom stereocenters. The lowest BCUT2D eigenvalue weighted by molar-refractivity contribution is 0.0686. The standard InChI is InChI=1S/C23H27N5O2S/c1-13-5-6-16-18(11-13)31-21-19(16)22(29)28(12-24-21)14-7-9-27(10-8-14)23(30)20-15-3-2-4-17(15)25-26-20/h12-14H,2-11H2,1H3,(H,25,26). The van der Waals surface area contributed by atoms with Crippen molar-refractivity contribution in [3.63, 3.8) is 0 Å². The first-order valence-corrected chi connectivity index (χ1v) is 12.3. The summed E-state index contributed by atoms with van der Waals surface area (Å²) in [5.74, 6) is 0.709. The molecule has 0 bridgehead atoms. The molecular formula is C23H27N5O2S. The van der Waals surface area contributed by atoms with Crippen LogP contribution in [-0.4, -0.2) is 43.6 Å². The van der Waals surface area contributed by atoms with Crippen molar-refractivity contribution in [2.45, 2.75) is 64.3 Å². The van der Waals surface area contributed by atoms with E-state index in [9.17, 15) is 9.59 Å². The van der Waals surface area contributed by atoms with Crippen LogP contribution in [-0.2, 0) is 25.7 Å². The van der Waals surface area contributed by atoms with Crippen LogP contribution in [0.25, 0.3) is 10.2 Å². The van der Waals surface area contributed by atoms with Crippen LogP contribution < -0.4 is 5.56 Å². The molecular weight excluding hydrogens is 410 g/mol. The Morgan fingerprint density at radius 2 is 2.00 bits per heavy atom. The molecule has 2 aliphatic carbocycles. The average Bonchev–Trinajstić information content (AvgIpc) is 3.47. The molecule has 1 fully saturated rings. The van der Waals surface area contributed by atoms with Crippen molar-refractivity contribution in [1.82, 2.24) is 24.6 Å². The quantitative estimate of drug-likeness (QED) is 0.667. The molecule has 1 saturated heterocycles. The summed E-state index contributed by atoms with van der Waals surface area (Å²) in [6.07, 6.45) is 9.49. The third kappa shape index (κ3) is 3.06. The van der Waals surface area contributed by atoms with Crippen molar-refractivity contribution >= 4 is 27.5 Å². The second kappa shape index (κ2) is 7.29. The van der Waals surface area contributed by atoms with Crippen LogP contribution in [0.2, 0.25) is 0 Å². The largest absolute Gasteiger partial charge is 0.337 e. The molecule has 6 rings (SSSR count). The predicted octanol–water partition coefficient (Wildman–Crippen LogP) is 3.27. The van der Waals surface area contributed by atoms with Gasteiger partial charge < -0.3 is 4.90 Å². The molecule has 0 spiro atoms. The van der Waals surface area contributed by atoms with Crippen molar-refractivity contribution < 1.29 is 4.79 Å². The molecule has 3 aromatic rings. The lowest BCUT2D eigenvalue weighted by Crippen LogP contribution is -2.41. The number of rotatable bonds is 2. The van der Waals surface area contributed by atoms with Gasteiger partial charge in [-0.05, 0) is 62.8 Å². The number of hydrogen-bond donors (Lipinski definition) is 1. The molecule has 0 saturated carbocycles. The van der Waals surface area contributed by atoms with Crippen molar-refractivity contribution in [3.05, 3.63) is 44.1 Å². The van der Waals surface area contributed by atoms with Gasteiger partial charge in [-0.15, -0.1) is 11.3 Å². The lowest BCUT2D eigenvalue weighted by Gasteiger charge is -2.32. The third-order valence-corrected chi connectivity index (χ3v) is 8.56. The molecule has 0 aromatic carbocycles. The number of aromatic nitrogens is 4. The molecule has 8 heteroatoms. The van der Waals surface area contributed by atoms with Gasteiger partial charge in [-0.1, -0.05) is 6.92 Å². The number of thiophene rings is 1. The summed E-state index contributed by atoms with van der Waals surface area (Å²) < 4.78 is 1.83. The zero-order valence-electron chi connectivity index (χ0n) is 17.8. The van der Waals surface area contributed by atoms with Crippen LogP contribution in [0, 0.1) is 5.92 Å². The Morgan fingerprint density at radius 3 is 2.84 bits per heavy atom. The molecule has 162 valence electrons. The number of fused-ring (bicyclic) bond motifs is 4. The van der Waals surface area contributed by atoms with E-state index in [1.165, 1.54) is 10.4 Å². The number of aromatic amines is 1. The normalized spacial score (nSPS) is 21.5. The summed E-state index contributed by atoms with van der Waals surface area (Å²) in [6, 6.07) is 0.0939. The lowest BCUT2D eigenvalue weighted by atomic mass is 9.89. The van der Waals surface area contributed by atoms with Gasteiger partial charge in [0.2, 0.25) is 0 Å². The summed E-state index contributed by atoms with van der Waals surface area (Å²) in [4.78, 5) is 35.2. The van der Waals surface area contributed by atoms with E-state index in [-0.39, 0.29) is 17.5 Å². The van der Waals surface area contributed by atoms with Crippen LogP contribution in [0.3, 0.4) is 0 Å². The van der Waals surface area contributed by atoms with Gasteiger partial charge in [0, 0.05) is 35.3 Å². The van der Waals surface area contributed by atoms with Gasteiger partial charge in [0.25, 0.3) is 11.5 Å². The zero-order valence-corrected chi connectivity index (χ0v) is 18.6. The van der Waals surface area contributed by atoms with Gasteiger partial charge in [0.05, 0.1) is 11.7 Å². The van der Waals surface area contributed by atoms with E-state index < -0.39 is 0 Å². The topological polar surface area (TPSA) is 83.9 Å². The number of amides is 1. The highest BCUT2D eigenvalue weighted by atomic mass is 32.1. The van der Waals surface area contributed by atoms with Gasteiger partial charge >= 0.3 is 0 Å². The summed E-state index contributed by atoms with van der Waals surface area (Å²) in [6.45, 7) is 3.58. The maximum absolute atomic E-state index is 13.4. The Balaban J connectivity index is 1.23. The fraction of sp³-hybridized carbons (Fsp3) is 0.565. The Hall–Kier alpha value is -2.48. The van der Waals surface area contributed by atoms with Crippen molar-refractivity contribution in [2.75, 3.05) is 13.1 Å². The molecule has 4 heterocycles. The summed E-state index contributed by atoms with van der Waals surface area (Å²) in [5, 5.41) is 8.19. The monoisotopic (exact) mass is 437 g/mol. The molecule has 1 amide bonds. The number of nitrogens with one attached hydrogen (secondary N) is 1. The second-order valence-corrected chi connectivity index (χ2v) is 10.5. The average molecular weight is 438 g/mol. The number of nitrogens with zero attached hydrogens (tertiary/aromatic N) is 4. The Kier molecular flexibility index (Phi) is 4.52. The predicted molar refractivity (Wildman–Crippen MR) is 120 cm³/mol. The van der Waals surface area contributed by atoms with Gasteiger partial charge in [0.1, 0.15) is 4.83 Å². The van der Waals surface area contributed by atoms with E-state index in [2.05, 4.69) is 22.1 Å². The summed E-state index contributed by atoms with van der Waals surface area (Å²) in [5.41, 5.74) is 4.18. The smallest absolute Gasteiger partial charge is 0.274 e. The first kappa shape index (κ1) is 19.2. The van der Waals surface area contributed by atoms with Gasteiger partial charge in [-0.2, -0.15) is 5.10 Å². The molecule has 31 heavy (non-hydrogen) atoms. The molecule has 3 aliphatic rings. The maximum atomic E-state index is 13.4. The molecule has 3 aromatic heterocycles. The van der Waals surface area contributed by atoms with Crippen LogP contribution in [0.4, 0.5) is 0 Å². The number of hydrogen-bond acceptors (Lipinski definition) is 5. The van der Waals surface area contributed by atoms with Crippen LogP contribution in [0.15, 0.2) is 11.1 Å². The Bertz CT molecular complexity index is 1230. The fourth-order valence-corrected chi connectivity index (χ4v) is 6.94. The first-order valence-electron chi connectivity index (χ1n) is 11.5. The van der Waals surface area contributed by atoms with Gasteiger partial charge in [-0.25, -0.2) is 4.98 Å². The van der Waals surface area contributed by atoms with E-state index in [1.807, 2.05) is 9.47 Å². The minimum Gasteiger partial charge on any atom is -0.337 e. The summed E-state index contributed by atoms with van der Waals surface area (Å²) in [7, 11) is 0. The summed E-state index contributed by atoms with van der Waals surface area (Å²) >= 11 is 1.70. The number of likely N-dealkylation sites (tertiary alicyclic amines) is 1. The van der Waals surface area contributed by atoms with Crippen molar-refractivity contribution in [2.24, 2.45) is 5.92 Å². The van der Waals surface area contributed by atoms with E-state index in [1.54, 1.807) is 17.7 Å². The number of aryl methyl sites for hydroxylation is 2. The molecule has 0 radical (unpaired) electrons. The molecule has 1 atom stereocenters. The van der Waals surface area contributed by atoms with Crippen LogP contribution in [0.5, 0.6) is 0 Å². The zero-order chi connectivity index (χ0) is 21.1. The fourth-order valence-electron chi connectivity index (χ4n) is 5.60. The minimum atomic E-state index is 0.0276. The molecule has 7 nitrogen and oxygen atoms in total. The Morgan fingerprint density at radius 1 is 1.16 bits per heavy atom. The highest BCUT2D eigenvalue weighted by Gasteiger charge is 2.31. The molecule has 1 aliphatic heterocycles. The van der Waals surface area contributed by atoms with E-state index >= 15 is 0 Å². The first-order chi connectivity index (χ1) is 15.1. The maximum Gasteiger partial charge on any atom is 0.274 e. The SMILES string of the molecule is CC1CCc2c(sc3ncn(C4CCN(C(=O)c5n[nH]c6c5CCC6)CC4)c(=O)c23)C1. The van der Waals surface area contributed by atoms with Crippen molar-refractivity contribution in [3.8, 4) is 0 Å². The number of piperidine rings is 1. The third-order valence-electron chi connectivity index (χ3n) is 7.39. The highest BCUT2D eigenvalue weighted by molar-refractivity contribution is 7.18. The second-order valence-electron chi connectivity index (χ2n) is 9.40. The van der Waals surface area contributed by atoms with Gasteiger partial charge in [-0.3, -0.25) is 19.3 Å². The Labute approximate surface area is 184 Å². The number of H-pyrrole nitrogens is 1. The van der Waals surface area contributed by atoms with Crippen molar-refractivity contribution in [1.29, 1.82) is 0 Å². The highest BCUT2D eigenvalue weighted by Crippen LogP contribution is 2.36. The van der Waals surface area contributed by atoms with E-state index in [0.29, 0.717) is 24.7 Å². The minimum absolute atomic E-state index is 0.0276. The molecule has 1 N–H and O–H groups in total. The van der Waals surface area contributed by atoms with Gasteiger partial charge in [0.15, 0.2) is 5.69 Å². The number of carbonyl (C=O) groups is 1. The van der Waals surface area contributed by atoms with E-state index in [0.717, 1.165) is 72.8 Å². The van der Waals surface area contributed by atoms with E-state index in [4.69, 9.17) is 0 Å². The van der Waals surface area contributed by atoms with Crippen LogP contribution >= 0.6 is 11.3 Å². The number of carbonyl (C=O) groups excluding carboxylic acids is 1.